The fourth-order valence-corrected chi connectivity index (χ4v) is 7.65. The molecule has 244 valence electrons. The summed E-state index contributed by atoms with van der Waals surface area (Å²) in [6.07, 6.45) is 3.94. The average molecular weight is 635 g/mol. The number of carbonyl (C=O) groups excluding carboxylic acids is 3. The standard InChI is InChI=1S/C39H43FN4O3/c1-39(2)16-15-30(34(22-39)28-7-10-32(40)11-8-28)24-43-19-17-42(18-20-43)23-26-3-5-27(6-4-26)29-9-12-33-31(21-29)25-44(38(33)47)35-13-14-36(45)41-37(35)46/h3-12,21,35H,13-20,22-25H2,1-2H3,(H,41,45,46). The Morgan fingerprint density at radius 3 is 2.17 bits per heavy atom. The van der Waals surface area contributed by atoms with E-state index in [2.05, 4.69) is 59.3 Å². The zero-order valence-electron chi connectivity index (χ0n) is 27.4. The summed E-state index contributed by atoms with van der Waals surface area (Å²) in [5, 5.41) is 2.37. The highest BCUT2D eigenvalue weighted by atomic mass is 19.1. The number of nitrogens with zero attached hydrogens (tertiary/aromatic N) is 3. The Hall–Kier alpha value is -4.14. The lowest BCUT2D eigenvalue weighted by atomic mass is 9.72. The predicted octanol–water partition coefficient (Wildman–Crippen LogP) is 6.04. The summed E-state index contributed by atoms with van der Waals surface area (Å²) < 4.78 is 13.6. The van der Waals surface area contributed by atoms with Crippen molar-refractivity contribution in [3.05, 3.63) is 100 Å². The minimum atomic E-state index is -0.604. The molecule has 1 unspecified atom stereocenters. The summed E-state index contributed by atoms with van der Waals surface area (Å²) >= 11 is 0. The summed E-state index contributed by atoms with van der Waals surface area (Å²) in [5.41, 5.74) is 9.31. The number of fused-ring (bicyclic) bond motifs is 1. The Morgan fingerprint density at radius 1 is 0.809 bits per heavy atom. The largest absolute Gasteiger partial charge is 0.322 e. The van der Waals surface area contributed by atoms with E-state index in [1.165, 1.54) is 28.7 Å². The van der Waals surface area contributed by atoms with Gasteiger partial charge in [0.2, 0.25) is 11.8 Å². The lowest BCUT2D eigenvalue weighted by molar-refractivity contribution is -0.136. The van der Waals surface area contributed by atoms with Gasteiger partial charge in [-0.2, -0.15) is 0 Å². The van der Waals surface area contributed by atoms with Gasteiger partial charge in [0.25, 0.3) is 5.91 Å². The molecule has 0 bridgehead atoms. The van der Waals surface area contributed by atoms with Crippen LogP contribution in [0.4, 0.5) is 4.39 Å². The van der Waals surface area contributed by atoms with Gasteiger partial charge in [0.1, 0.15) is 11.9 Å². The fraction of sp³-hybridized carbons (Fsp3) is 0.410. The van der Waals surface area contributed by atoms with Gasteiger partial charge in [-0.05, 0) is 88.8 Å². The molecular weight excluding hydrogens is 591 g/mol. The SMILES string of the molecule is CC1(C)CCC(CN2CCN(Cc3ccc(-c4ccc5c(c4)CN(C4CCC(=O)NC4=O)C5=O)cc3)CC2)=C(c2ccc(F)cc2)C1. The summed E-state index contributed by atoms with van der Waals surface area (Å²) in [6, 6.07) is 21.0. The number of hydrogen-bond donors (Lipinski definition) is 1. The number of piperidine rings is 1. The number of halogens is 1. The van der Waals surface area contributed by atoms with Crippen LogP contribution in [0.25, 0.3) is 16.7 Å². The molecule has 3 heterocycles. The highest BCUT2D eigenvalue weighted by Gasteiger charge is 2.39. The van der Waals surface area contributed by atoms with Gasteiger partial charge < -0.3 is 4.90 Å². The Bertz CT molecular complexity index is 1720. The number of allylic oxidation sites excluding steroid dienone is 1. The van der Waals surface area contributed by atoms with E-state index < -0.39 is 6.04 Å². The average Bonchev–Trinajstić information content (AvgIpc) is 3.38. The molecule has 2 saturated heterocycles. The minimum absolute atomic E-state index is 0.149. The number of rotatable bonds is 7. The first-order chi connectivity index (χ1) is 22.6. The van der Waals surface area contributed by atoms with Crippen molar-refractivity contribution in [1.29, 1.82) is 0 Å². The van der Waals surface area contributed by atoms with E-state index in [4.69, 9.17) is 0 Å². The van der Waals surface area contributed by atoms with Crippen molar-refractivity contribution in [2.45, 2.75) is 65.1 Å². The maximum absolute atomic E-state index is 13.6. The second-order valence-corrected chi connectivity index (χ2v) is 14.5. The number of imide groups is 1. The second kappa shape index (κ2) is 12.8. The molecule has 0 spiro atoms. The zero-order chi connectivity index (χ0) is 32.7. The molecule has 4 aliphatic rings. The molecule has 3 amide bonds. The molecule has 1 N–H and O–H groups in total. The molecule has 7 rings (SSSR count). The minimum Gasteiger partial charge on any atom is -0.322 e. The van der Waals surface area contributed by atoms with Gasteiger partial charge in [0.15, 0.2) is 0 Å². The number of amides is 3. The van der Waals surface area contributed by atoms with Crippen LogP contribution < -0.4 is 5.32 Å². The Balaban J connectivity index is 0.950. The van der Waals surface area contributed by atoms with Crippen LogP contribution in [0, 0.1) is 11.2 Å². The molecule has 7 nitrogen and oxygen atoms in total. The van der Waals surface area contributed by atoms with E-state index in [1.54, 1.807) is 17.0 Å². The molecule has 47 heavy (non-hydrogen) atoms. The van der Waals surface area contributed by atoms with Crippen molar-refractivity contribution >= 4 is 23.3 Å². The Labute approximate surface area is 276 Å². The van der Waals surface area contributed by atoms with Crippen molar-refractivity contribution in [2.75, 3.05) is 32.7 Å². The zero-order valence-corrected chi connectivity index (χ0v) is 27.4. The van der Waals surface area contributed by atoms with Gasteiger partial charge in [0, 0.05) is 57.8 Å². The van der Waals surface area contributed by atoms with Gasteiger partial charge in [-0.15, -0.1) is 0 Å². The van der Waals surface area contributed by atoms with Crippen LogP contribution >= 0.6 is 0 Å². The van der Waals surface area contributed by atoms with Crippen LogP contribution in [0.1, 0.15) is 73.0 Å². The van der Waals surface area contributed by atoms with Gasteiger partial charge in [-0.1, -0.05) is 61.9 Å². The van der Waals surface area contributed by atoms with Gasteiger partial charge in [0.05, 0.1) is 0 Å². The van der Waals surface area contributed by atoms with Crippen molar-refractivity contribution < 1.29 is 18.8 Å². The molecular formula is C39H43FN4O3. The van der Waals surface area contributed by atoms with E-state index in [1.807, 2.05) is 24.3 Å². The first-order valence-corrected chi connectivity index (χ1v) is 16.9. The molecule has 1 atom stereocenters. The van der Waals surface area contributed by atoms with Crippen LogP contribution in [-0.2, 0) is 22.7 Å². The summed E-state index contributed by atoms with van der Waals surface area (Å²) in [4.78, 5) is 43.7. The van der Waals surface area contributed by atoms with Crippen LogP contribution in [0.5, 0.6) is 0 Å². The van der Waals surface area contributed by atoms with Crippen LogP contribution in [0.2, 0.25) is 0 Å². The normalized spacial score (nSPS) is 22.1. The van der Waals surface area contributed by atoms with E-state index >= 15 is 0 Å². The van der Waals surface area contributed by atoms with E-state index in [-0.39, 0.29) is 35.4 Å². The molecule has 3 aromatic carbocycles. The molecule has 3 aromatic rings. The third-order valence-corrected chi connectivity index (χ3v) is 10.5. The quantitative estimate of drug-likeness (QED) is 0.321. The van der Waals surface area contributed by atoms with Crippen molar-refractivity contribution in [3.63, 3.8) is 0 Å². The predicted molar refractivity (Wildman–Crippen MR) is 181 cm³/mol. The summed E-state index contributed by atoms with van der Waals surface area (Å²) in [5.74, 6) is -0.998. The lowest BCUT2D eigenvalue weighted by Gasteiger charge is -2.38. The molecule has 8 heteroatoms. The first kappa shape index (κ1) is 31.5. The maximum atomic E-state index is 13.6. The van der Waals surface area contributed by atoms with Crippen molar-refractivity contribution in [3.8, 4) is 11.1 Å². The Kier molecular flexibility index (Phi) is 8.57. The molecule has 0 radical (unpaired) electrons. The molecule has 2 fully saturated rings. The Morgan fingerprint density at radius 2 is 1.47 bits per heavy atom. The second-order valence-electron chi connectivity index (χ2n) is 14.5. The number of benzene rings is 3. The van der Waals surface area contributed by atoms with E-state index in [9.17, 15) is 18.8 Å². The van der Waals surface area contributed by atoms with Crippen LogP contribution in [0.3, 0.4) is 0 Å². The topological polar surface area (TPSA) is 73.0 Å². The highest BCUT2D eigenvalue weighted by Crippen LogP contribution is 2.43. The summed E-state index contributed by atoms with van der Waals surface area (Å²) in [7, 11) is 0. The highest BCUT2D eigenvalue weighted by molar-refractivity contribution is 6.05. The molecule has 0 saturated carbocycles. The van der Waals surface area contributed by atoms with Crippen LogP contribution in [-0.4, -0.2) is 71.2 Å². The first-order valence-electron chi connectivity index (χ1n) is 16.9. The number of carbonyl (C=O) groups is 3. The lowest BCUT2D eigenvalue weighted by Crippen LogP contribution is -2.52. The van der Waals surface area contributed by atoms with Gasteiger partial charge in [-0.3, -0.25) is 29.5 Å². The molecule has 0 aromatic heterocycles. The molecule has 1 aliphatic carbocycles. The van der Waals surface area contributed by atoms with Gasteiger partial charge >= 0.3 is 0 Å². The monoisotopic (exact) mass is 634 g/mol. The van der Waals surface area contributed by atoms with E-state index in [0.717, 1.165) is 68.8 Å². The van der Waals surface area contributed by atoms with Gasteiger partial charge in [-0.25, -0.2) is 4.39 Å². The number of nitrogens with one attached hydrogen (secondary N) is 1. The maximum Gasteiger partial charge on any atom is 0.255 e. The third kappa shape index (κ3) is 6.81. The van der Waals surface area contributed by atoms with Crippen LogP contribution in [0.15, 0.2) is 72.3 Å². The van der Waals surface area contributed by atoms with Crippen molar-refractivity contribution in [1.82, 2.24) is 20.0 Å². The summed E-state index contributed by atoms with van der Waals surface area (Å²) in [6.45, 7) is 11.1. The number of hydrogen-bond acceptors (Lipinski definition) is 5. The number of piperazine rings is 1. The molecule has 3 aliphatic heterocycles. The van der Waals surface area contributed by atoms with Crippen molar-refractivity contribution in [2.24, 2.45) is 5.41 Å². The van der Waals surface area contributed by atoms with E-state index in [0.29, 0.717) is 18.5 Å². The smallest absolute Gasteiger partial charge is 0.255 e. The third-order valence-electron chi connectivity index (χ3n) is 10.5. The fourth-order valence-electron chi connectivity index (χ4n) is 7.65.